The molecule has 0 fully saturated rings. The van der Waals surface area contributed by atoms with Crippen molar-refractivity contribution >= 4 is 33.3 Å². The Labute approximate surface area is 126 Å². The first-order valence-corrected chi connectivity index (χ1v) is 7.11. The summed E-state index contributed by atoms with van der Waals surface area (Å²) in [6.07, 6.45) is 2.37. The molecule has 0 aliphatic carbocycles. The van der Waals surface area contributed by atoms with Gasteiger partial charge in [-0.2, -0.15) is 0 Å². The second-order valence-corrected chi connectivity index (χ2v) is 5.10. The van der Waals surface area contributed by atoms with Gasteiger partial charge in [0.25, 0.3) is 5.91 Å². The Bertz CT molecular complexity index is 603. The summed E-state index contributed by atoms with van der Waals surface area (Å²) < 4.78 is 0.906. The highest BCUT2D eigenvalue weighted by Crippen LogP contribution is 2.16. The lowest BCUT2D eigenvalue weighted by atomic mass is 10.3. The third-order valence-electron chi connectivity index (χ3n) is 2.54. The quantitative estimate of drug-likeness (QED) is 0.880. The van der Waals surface area contributed by atoms with Crippen LogP contribution >= 0.6 is 15.9 Å². The average molecular weight is 335 g/mol. The van der Waals surface area contributed by atoms with Crippen LogP contribution in [0, 0.1) is 0 Å². The first-order valence-electron chi connectivity index (χ1n) is 6.32. The fraction of sp³-hybridized carbons (Fsp3) is 0.214. The Morgan fingerprint density at radius 1 is 1.30 bits per heavy atom. The molecule has 1 aromatic carbocycles. The summed E-state index contributed by atoms with van der Waals surface area (Å²) in [4.78, 5) is 20.2. The van der Waals surface area contributed by atoms with Crippen molar-refractivity contribution in [2.75, 3.05) is 17.2 Å². The Morgan fingerprint density at radius 2 is 2.15 bits per heavy atom. The number of hydrogen-bond acceptors (Lipinski definition) is 4. The van der Waals surface area contributed by atoms with Crippen molar-refractivity contribution in [3.8, 4) is 0 Å². The van der Waals surface area contributed by atoms with Crippen LogP contribution in [0.25, 0.3) is 0 Å². The number of carbonyl (C=O) groups excluding carboxylic acids is 1. The van der Waals surface area contributed by atoms with Crippen LogP contribution in [-0.4, -0.2) is 22.4 Å². The van der Waals surface area contributed by atoms with E-state index in [0.29, 0.717) is 17.2 Å². The van der Waals surface area contributed by atoms with Crippen molar-refractivity contribution in [1.82, 2.24) is 9.97 Å². The normalized spacial score (nSPS) is 10.1. The van der Waals surface area contributed by atoms with Crippen molar-refractivity contribution in [2.45, 2.75) is 13.3 Å². The third kappa shape index (κ3) is 4.03. The molecule has 2 rings (SSSR count). The molecular formula is C14H15BrN4O. The number of nitrogens with one attached hydrogen (secondary N) is 2. The van der Waals surface area contributed by atoms with E-state index in [1.165, 1.54) is 6.33 Å². The molecule has 104 valence electrons. The van der Waals surface area contributed by atoms with Gasteiger partial charge in [-0.05, 0) is 24.6 Å². The average Bonchev–Trinajstić information content (AvgIpc) is 2.45. The van der Waals surface area contributed by atoms with E-state index in [2.05, 4.69) is 43.5 Å². The SMILES string of the molecule is CCCNc1cc(C(=O)Nc2cccc(Br)c2)ncn1. The maximum absolute atomic E-state index is 12.1. The van der Waals surface area contributed by atoms with Crippen LogP contribution in [0.15, 0.2) is 41.1 Å². The van der Waals surface area contributed by atoms with Crippen molar-refractivity contribution in [1.29, 1.82) is 0 Å². The van der Waals surface area contributed by atoms with Crippen LogP contribution in [0.2, 0.25) is 0 Å². The van der Waals surface area contributed by atoms with E-state index in [4.69, 9.17) is 0 Å². The summed E-state index contributed by atoms with van der Waals surface area (Å²) in [5, 5.41) is 5.92. The molecule has 0 aliphatic rings. The van der Waals surface area contributed by atoms with Gasteiger partial charge in [-0.25, -0.2) is 9.97 Å². The molecule has 2 aromatic rings. The molecule has 0 aliphatic heterocycles. The Morgan fingerprint density at radius 3 is 2.90 bits per heavy atom. The van der Waals surface area contributed by atoms with E-state index < -0.39 is 0 Å². The number of aromatic nitrogens is 2. The molecule has 0 spiro atoms. The zero-order valence-corrected chi connectivity index (χ0v) is 12.6. The number of halogens is 1. The number of amides is 1. The van der Waals surface area contributed by atoms with Gasteiger partial charge in [-0.15, -0.1) is 0 Å². The van der Waals surface area contributed by atoms with Crippen LogP contribution in [0.5, 0.6) is 0 Å². The molecule has 5 nitrogen and oxygen atoms in total. The molecule has 2 N–H and O–H groups in total. The Balaban J connectivity index is 2.09. The number of hydrogen-bond donors (Lipinski definition) is 2. The predicted octanol–water partition coefficient (Wildman–Crippen LogP) is 3.31. The van der Waals surface area contributed by atoms with E-state index in [1.807, 2.05) is 24.3 Å². The highest BCUT2D eigenvalue weighted by molar-refractivity contribution is 9.10. The van der Waals surface area contributed by atoms with Crippen LogP contribution in [0.4, 0.5) is 11.5 Å². The number of carbonyl (C=O) groups is 1. The van der Waals surface area contributed by atoms with E-state index >= 15 is 0 Å². The van der Waals surface area contributed by atoms with E-state index in [1.54, 1.807) is 6.07 Å². The van der Waals surface area contributed by atoms with Gasteiger partial charge in [0.15, 0.2) is 0 Å². The summed E-state index contributed by atoms with van der Waals surface area (Å²) in [5.74, 6) is 0.395. The standard InChI is InChI=1S/C14H15BrN4O/c1-2-6-16-13-8-12(17-9-18-13)14(20)19-11-5-3-4-10(15)7-11/h3-5,7-9H,2,6H2,1H3,(H,19,20)(H,16,17,18). The van der Waals surface area contributed by atoms with Crippen LogP contribution in [0.1, 0.15) is 23.8 Å². The summed E-state index contributed by atoms with van der Waals surface area (Å²) in [6, 6.07) is 9.04. The van der Waals surface area contributed by atoms with Gasteiger partial charge in [0.05, 0.1) is 0 Å². The smallest absolute Gasteiger partial charge is 0.274 e. The number of benzene rings is 1. The van der Waals surface area contributed by atoms with Crippen LogP contribution in [0.3, 0.4) is 0 Å². The maximum Gasteiger partial charge on any atom is 0.274 e. The minimum absolute atomic E-state index is 0.259. The lowest BCUT2D eigenvalue weighted by Gasteiger charge is -2.07. The molecule has 0 saturated carbocycles. The topological polar surface area (TPSA) is 66.9 Å². The van der Waals surface area contributed by atoms with Gasteiger partial charge in [-0.1, -0.05) is 28.9 Å². The highest BCUT2D eigenvalue weighted by Gasteiger charge is 2.09. The number of anilines is 2. The minimum atomic E-state index is -0.259. The van der Waals surface area contributed by atoms with Gasteiger partial charge in [-0.3, -0.25) is 4.79 Å². The summed E-state index contributed by atoms with van der Waals surface area (Å²) in [6.45, 7) is 2.87. The first-order chi connectivity index (χ1) is 9.69. The molecule has 0 unspecified atom stereocenters. The summed E-state index contributed by atoms with van der Waals surface area (Å²) in [5.41, 5.74) is 1.05. The molecule has 1 aromatic heterocycles. The van der Waals surface area contributed by atoms with Crippen molar-refractivity contribution in [2.24, 2.45) is 0 Å². The maximum atomic E-state index is 12.1. The second kappa shape index (κ2) is 7.00. The Hall–Kier alpha value is -1.95. The largest absolute Gasteiger partial charge is 0.370 e. The van der Waals surface area contributed by atoms with E-state index in [9.17, 15) is 4.79 Å². The van der Waals surface area contributed by atoms with Crippen molar-refractivity contribution in [3.63, 3.8) is 0 Å². The van der Waals surface area contributed by atoms with Gasteiger partial charge < -0.3 is 10.6 Å². The molecule has 1 heterocycles. The molecule has 20 heavy (non-hydrogen) atoms. The number of nitrogens with zero attached hydrogens (tertiary/aromatic N) is 2. The lowest BCUT2D eigenvalue weighted by Crippen LogP contribution is -2.14. The fourth-order valence-electron chi connectivity index (χ4n) is 1.59. The molecule has 6 heteroatoms. The third-order valence-corrected chi connectivity index (χ3v) is 3.03. The number of rotatable bonds is 5. The highest BCUT2D eigenvalue weighted by atomic mass is 79.9. The molecule has 0 atom stereocenters. The van der Waals surface area contributed by atoms with Crippen LogP contribution in [-0.2, 0) is 0 Å². The first kappa shape index (κ1) is 14.5. The van der Waals surface area contributed by atoms with Gasteiger partial charge in [0.1, 0.15) is 17.8 Å². The molecule has 0 saturated heterocycles. The van der Waals surface area contributed by atoms with Crippen molar-refractivity contribution in [3.05, 3.63) is 46.8 Å². The van der Waals surface area contributed by atoms with Crippen molar-refractivity contribution < 1.29 is 4.79 Å². The summed E-state index contributed by atoms with van der Waals surface area (Å²) >= 11 is 3.36. The zero-order chi connectivity index (χ0) is 14.4. The molecular weight excluding hydrogens is 320 g/mol. The zero-order valence-electron chi connectivity index (χ0n) is 11.1. The van der Waals surface area contributed by atoms with Gasteiger partial charge in [0, 0.05) is 22.8 Å². The minimum Gasteiger partial charge on any atom is -0.370 e. The predicted molar refractivity (Wildman–Crippen MR) is 82.9 cm³/mol. The monoisotopic (exact) mass is 334 g/mol. The second-order valence-electron chi connectivity index (χ2n) is 4.18. The van der Waals surface area contributed by atoms with Gasteiger partial charge in [0.2, 0.25) is 0 Å². The molecule has 0 bridgehead atoms. The van der Waals surface area contributed by atoms with Crippen LogP contribution < -0.4 is 10.6 Å². The molecule has 0 radical (unpaired) electrons. The Kier molecular flexibility index (Phi) is 5.06. The molecule has 1 amide bonds. The van der Waals surface area contributed by atoms with E-state index in [-0.39, 0.29) is 5.91 Å². The summed E-state index contributed by atoms with van der Waals surface area (Å²) in [7, 11) is 0. The van der Waals surface area contributed by atoms with E-state index in [0.717, 1.165) is 17.4 Å². The fourth-order valence-corrected chi connectivity index (χ4v) is 1.99. The van der Waals surface area contributed by atoms with Gasteiger partial charge >= 0.3 is 0 Å². The lowest BCUT2D eigenvalue weighted by molar-refractivity contribution is 0.102.